The van der Waals surface area contributed by atoms with E-state index in [-0.39, 0.29) is 36.4 Å². The molecule has 110 valence electrons. The van der Waals surface area contributed by atoms with Crippen LogP contribution in [-0.4, -0.2) is 17.6 Å². The Morgan fingerprint density at radius 1 is 1.10 bits per heavy atom. The molecule has 0 aliphatic heterocycles. The van der Waals surface area contributed by atoms with Crippen LogP contribution in [0.4, 0.5) is 0 Å². The maximum absolute atomic E-state index is 11.8. The molecule has 5 nitrogen and oxygen atoms in total. The zero-order valence-corrected chi connectivity index (χ0v) is 12.8. The van der Waals surface area contributed by atoms with Crippen molar-refractivity contribution in [2.75, 3.05) is 0 Å². The molecule has 1 aromatic rings. The Hall–Kier alpha value is -1.69. The van der Waals surface area contributed by atoms with Gasteiger partial charge in [0.15, 0.2) is 5.78 Å². The third-order valence-corrected chi connectivity index (χ3v) is 3.57. The molecular weight excluding hydrogens is 276 g/mol. The fourth-order valence-corrected chi connectivity index (χ4v) is 2.39. The second-order valence-electron chi connectivity index (χ2n) is 5.03. The summed E-state index contributed by atoms with van der Waals surface area (Å²) < 4.78 is 0. The Labute approximate surface area is 122 Å². The number of carbonyl (C=O) groups excluding carboxylic acids is 3. The lowest BCUT2D eigenvalue weighted by molar-refractivity contribution is -0.129. The van der Waals surface area contributed by atoms with Crippen molar-refractivity contribution >= 4 is 28.9 Å². The molecular formula is C14H20N2O3S. The van der Waals surface area contributed by atoms with E-state index < -0.39 is 0 Å². The van der Waals surface area contributed by atoms with Gasteiger partial charge in [0.1, 0.15) is 0 Å². The molecule has 6 heteroatoms. The summed E-state index contributed by atoms with van der Waals surface area (Å²) in [6, 6.07) is 3.65. The molecule has 0 saturated carbocycles. The number of carbonyl (C=O) groups is 3. The summed E-state index contributed by atoms with van der Waals surface area (Å²) >= 11 is 1.42. The van der Waals surface area contributed by atoms with E-state index in [0.29, 0.717) is 11.3 Å². The molecule has 0 aromatic carbocycles. The van der Waals surface area contributed by atoms with Crippen LogP contribution in [0.25, 0.3) is 0 Å². The third-order valence-electron chi connectivity index (χ3n) is 2.53. The van der Waals surface area contributed by atoms with Gasteiger partial charge in [-0.15, -0.1) is 11.3 Å². The van der Waals surface area contributed by atoms with Crippen LogP contribution in [0.3, 0.4) is 0 Å². The monoisotopic (exact) mass is 296 g/mol. The highest BCUT2D eigenvalue weighted by Gasteiger charge is 2.12. The molecule has 2 amide bonds. The summed E-state index contributed by atoms with van der Waals surface area (Å²) in [6.45, 7) is 5.77. The molecule has 0 bridgehead atoms. The maximum Gasteiger partial charge on any atom is 0.238 e. The van der Waals surface area contributed by atoms with Crippen molar-refractivity contribution in [2.45, 2.75) is 40.0 Å². The molecule has 0 atom stereocenters. The first-order chi connectivity index (χ1) is 9.38. The van der Waals surface area contributed by atoms with Crippen LogP contribution in [0.1, 0.15) is 47.7 Å². The predicted molar refractivity (Wildman–Crippen MR) is 78.4 cm³/mol. The van der Waals surface area contributed by atoms with Crippen molar-refractivity contribution in [3.05, 3.63) is 21.9 Å². The van der Waals surface area contributed by atoms with Crippen molar-refractivity contribution in [3.8, 4) is 0 Å². The molecule has 0 fully saturated rings. The van der Waals surface area contributed by atoms with Crippen LogP contribution >= 0.6 is 11.3 Å². The second-order valence-corrected chi connectivity index (χ2v) is 6.32. The van der Waals surface area contributed by atoms with E-state index in [1.54, 1.807) is 6.07 Å². The summed E-state index contributed by atoms with van der Waals surface area (Å²) in [5.74, 6) is -0.403. The minimum absolute atomic E-state index is 0.0493. The van der Waals surface area contributed by atoms with Gasteiger partial charge in [-0.3, -0.25) is 25.2 Å². The van der Waals surface area contributed by atoms with E-state index in [1.165, 1.54) is 11.3 Å². The minimum atomic E-state index is -0.358. The van der Waals surface area contributed by atoms with Crippen LogP contribution in [0.15, 0.2) is 12.1 Å². The molecule has 0 unspecified atom stereocenters. The van der Waals surface area contributed by atoms with Gasteiger partial charge < -0.3 is 0 Å². The SMILES string of the molecule is Cc1ccc(C(=O)CCC(=O)NNC(=O)CC(C)C)s1. The lowest BCUT2D eigenvalue weighted by atomic mass is 10.1. The summed E-state index contributed by atoms with van der Waals surface area (Å²) in [6.07, 6.45) is 0.567. The van der Waals surface area contributed by atoms with Crippen molar-refractivity contribution in [1.82, 2.24) is 10.9 Å². The van der Waals surface area contributed by atoms with Gasteiger partial charge >= 0.3 is 0 Å². The molecule has 1 aromatic heterocycles. The number of nitrogens with one attached hydrogen (secondary N) is 2. The average molecular weight is 296 g/mol. The molecule has 20 heavy (non-hydrogen) atoms. The van der Waals surface area contributed by atoms with Crippen molar-refractivity contribution in [3.63, 3.8) is 0 Å². The number of Topliss-reactive ketones (excluding diaryl/α,β-unsaturated/α-hetero) is 1. The second kappa shape index (κ2) is 7.79. The van der Waals surface area contributed by atoms with Crippen LogP contribution in [0.2, 0.25) is 0 Å². The lowest BCUT2D eigenvalue weighted by Gasteiger charge is -2.08. The average Bonchev–Trinajstić information content (AvgIpc) is 2.79. The molecule has 2 N–H and O–H groups in total. The number of hydrogen-bond acceptors (Lipinski definition) is 4. The van der Waals surface area contributed by atoms with Gasteiger partial charge in [0, 0.05) is 24.1 Å². The first-order valence-electron chi connectivity index (χ1n) is 6.55. The molecule has 0 radical (unpaired) electrons. The molecule has 1 heterocycles. The summed E-state index contributed by atoms with van der Waals surface area (Å²) in [4.78, 5) is 36.4. The highest BCUT2D eigenvalue weighted by atomic mass is 32.1. The van der Waals surface area contributed by atoms with Gasteiger partial charge in [-0.2, -0.15) is 0 Å². The summed E-state index contributed by atoms with van der Waals surface area (Å²) in [5.41, 5.74) is 4.65. The van der Waals surface area contributed by atoms with E-state index in [9.17, 15) is 14.4 Å². The molecule has 1 rings (SSSR count). The van der Waals surface area contributed by atoms with E-state index in [0.717, 1.165) is 4.88 Å². The van der Waals surface area contributed by atoms with Gasteiger partial charge in [0.05, 0.1) is 4.88 Å². The maximum atomic E-state index is 11.8. The van der Waals surface area contributed by atoms with Crippen LogP contribution in [-0.2, 0) is 9.59 Å². The number of hydrogen-bond donors (Lipinski definition) is 2. The molecule has 0 spiro atoms. The zero-order chi connectivity index (χ0) is 15.1. The normalized spacial score (nSPS) is 10.4. The molecule has 0 aliphatic rings. The van der Waals surface area contributed by atoms with Crippen LogP contribution < -0.4 is 10.9 Å². The number of ketones is 1. The third kappa shape index (κ3) is 5.97. The molecule has 0 saturated heterocycles. The molecule has 0 aliphatic carbocycles. The summed E-state index contributed by atoms with van der Waals surface area (Å²) in [7, 11) is 0. The largest absolute Gasteiger partial charge is 0.293 e. The van der Waals surface area contributed by atoms with Gasteiger partial charge in [0.2, 0.25) is 11.8 Å². The zero-order valence-electron chi connectivity index (χ0n) is 12.0. The van der Waals surface area contributed by atoms with Crippen LogP contribution in [0, 0.1) is 12.8 Å². The van der Waals surface area contributed by atoms with E-state index in [2.05, 4.69) is 10.9 Å². The smallest absolute Gasteiger partial charge is 0.238 e. The highest BCUT2D eigenvalue weighted by Crippen LogP contribution is 2.17. The number of amides is 2. The predicted octanol–water partition coefficient (Wildman–Crippen LogP) is 2.21. The lowest BCUT2D eigenvalue weighted by Crippen LogP contribution is -2.42. The first-order valence-corrected chi connectivity index (χ1v) is 7.37. The van der Waals surface area contributed by atoms with E-state index >= 15 is 0 Å². The van der Waals surface area contributed by atoms with Gasteiger partial charge in [-0.05, 0) is 25.0 Å². The Balaban J connectivity index is 2.26. The Bertz CT molecular complexity index is 494. The Morgan fingerprint density at radius 3 is 2.30 bits per heavy atom. The minimum Gasteiger partial charge on any atom is -0.293 e. The Kier molecular flexibility index (Phi) is 6.38. The van der Waals surface area contributed by atoms with E-state index in [4.69, 9.17) is 0 Å². The number of aryl methyl sites for hydroxylation is 1. The van der Waals surface area contributed by atoms with Crippen molar-refractivity contribution < 1.29 is 14.4 Å². The number of rotatable bonds is 6. The van der Waals surface area contributed by atoms with Crippen molar-refractivity contribution in [2.24, 2.45) is 5.92 Å². The van der Waals surface area contributed by atoms with Gasteiger partial charge in [-0.25, -0.2) is 0 Å². The Morgan fingerprint density at radius 2 is 1.75 bits per heavy atom. The van der Waals surface area contributed by atoms with Crippen LogP contribution in [0.5, 0.6) is 0 Å². The van der Waals surface area contributed by atoms with E-state index in [1.807, 2.05) is 26.8 Å². The highest BCUT2D eigenvalue weighted by molar-refractivity contribution is 7.14. The van der Waals surface area contributed by atoms with Crippen molar-refractivity contribution in [1.29, 1.82) is 0 Å². The van der Waals surface area contributed by atoms with Gasteiger partial charge in [-0.1, -0.05) is 13.8 Å². The first kappa shape index (κ1) is 16.4. The topological polar surface area (TPSA) is 75.3 Å². The number of hydrazine groups is 1. The number of thiophene rings is 1. The standard InChI is InChI=1S/C14H20N2O3S/c1-9(2)8-14(19)16-15-13(18)7-5-11(17)12-6-4-10(3)20-12/h4,6,9H,5,7-8H2,1-3H3,(H,15,18)(H,16,19). The summed E-state index contributed by atoms with van der Waals surface area (Å²) in [5, 5.41) is 0. The quantitative estimate of drug-likeness (QED) is 0.624. The fraction of sp³-hybridized carbons (Fsp3) is 0.500. The van der Waals surface area contributed by atoms with Gasteiger partial charge in [0.25, 0.3) is 0 Å². The fourth-order valence-electron chi connectivity index (χ4n) is 1.56.